The van der Waals surface area contributed by atoms with Gasteiger partial charge in [0.15, 0.2) is 0 Å². The fraction of sp³-hybridized carbons (Fsp3) is 0.174. The molecule has 0 aromatic heterocycles. The second kappa shape index (κ2) is 12.0. The molecular weight excluding hydrogens is 461 g/mol. The Hall–Kier alpha value is -1.71. The van der Waals surface area contributed by atoms with Gasteiger partial charge in [0.1, 0.15) is 0 Å². The van der Waals surface area contributed by atoms with Crippen LogP contribution in [-0.4, -0.2) is 32.6 Å². The van der Waals surface area contributed by atoms with Gasteiger partial charge in [0.2, 0.25) is 9.84 Å². The average Bonchev–Trinajstić information content (AvgIpc) is 2.77. The van der Waals surface area contributed by atoms with Gasteiger partial charge in [0.25, 0.3) is 0 Å². The van der Waals surface area contributed by atoms with Crippen molar-refractivity contribution in [1.29, 1.82) is 0 Å². The molecule has 0 unspecified atom stereocenters. The number of carbonyl (C=O) groups excluding carboxylic acids is 1. The zero-order valence-corrected chi connectivity index (χ0v) is 21.1. The number of aromatic carboxylic acids is 1. The summed E-state index contributed by atoms with van der Waals surface area (Å²) in [6, 6.07) is 18.5. The second-order valence-corrected chi connectivity index (χ2v) is 9.37. The Kier molecular flexibility index (Phi) is 9.91. The van der Waals surface area contributed by atoms with Gasteiger partial charge in [-0.05, 0) is 66.1 Å². The number of hydrogen-bond donors (Lipinski definition) is 2. The third-order valence-electron chi connectivity index (χ3n) is 4.77. The molecule has 0 aliphatic heterocycles. The van der Waals surface area contributed by atoms with E-state index in [9.17, 15) is 23.4 Å². The number of carboxylic acids is 1. The van der Waals surface area contributed by atoms with Gasteiger partial charge in [-0.3, -0.25) is 0 Å². The van der Waals surface area contributed by atoms with Crippen LogP contribution in [-0.2, 0) is 16.3 Å². The first-order valence-corrected chi connectivity index (χ1v) is 11.4. The van der Waals surface area contributed by atoms with Crippen LogP contribution in [0.15, 0.2) is 82.6 Å². The molecule has 1 atom stereocenters. The standard InChI is InChI=1S/C23H22ClNO5S.Na/c24-19-5-2-4-18(14-19)22(26)15-25-12-11-16-3-1-6-21(13-16)31(29,30)20-9-7-17(8-10-20)23(27)28;/h1-10,13-14,22,25-26H,11-12,15H2,(H,27,28);/q;+1/p-1/t22-;/m0./s1. The van der Waals surface area contributed by atoms with Crippen molar-refractivity contribution >= 4 is 27.4 Å². The number of nitrogens with one attached hydrogen (secondary N) is 1. The van der Waals surface area contributed by atoms with Crippen LogP contribution in [0, 0.1) is 0 Å². The summed E-state index contributed by atoms with van der Waals surface area (Å²) in [7, 11) is -3.77. The summed E-state index contributed by atoms with van der Waals surface area (Å²) in [4.78, 5) is 11.0. The molecule has 3 rings (SSSR count). The molecule has 0 bridgehead atoms. The van der Waals surface area contributed by atoms with Crippen molar-refractivity contribution in [2.45, 2.75) is 22.3 Å². The molecule has 0 heterocycles. The second-order valence-electron chi connectivity index (χ2n) is 6.99. The fourth-order valence-electron chi connectivity index (χ4n) is 3.08. The number of carbonyl (C=O) groups is 1. The van der Waals surface area contributed by atoms with E-state index >= 15 is 0 Å². The van der Waals surface area contributed by atoms with E-state index in [1.807, 2.05) is 6.07 Å². The normalized spacial score (nSPS) is 12.1. The Morgan fingerprint density at radius 2 is 1.69 bits per heavy atom. The zero-order chi connectivity index (χ0) is 22.4. The van der Waals surface area contributed by atoms with Gasteiger partial charge >= 0.3 is 29.6 Å². The number of aliphatic hydroxyl groups is 1. The van der Waals surface area contributed by atoms with Crippen LogP contribution >= 0.6 is 11.6 Å². The molecule has 0 aliphatic rings. The molecule has 3 aromatic rings. The first kappa shape index (κ1) is 26.5. The molecule has 0 saturated heterocycles. The van der Waals surface area contributed by atoms with Gasteiger partial charge in [0.05, 0.1) is 21.9 Å². The van der Waals surface area contributed by atoms with Gasteiger partial charge in [-0.15, -0.1) is 0 Å². The van der Waals surface area contributed by atoms with Crippen molar-refractivity contribution in [3.63, 3.8) is 0 Å². The maximum Gasteiger partial charge on any atom is 1.00 e. The number of hydrogen-bond acceptors (Lipinski definition) is 6. The van der Waals surface area contributed by atoms with Crippen molar-refractivity contribution in [3.05, 3.63) is 94.5 Å². The Labute approximate surface area is 214 Å². The van der Waals surface area contributed by atoms with Crippen molar-refractivity contribution in [1.82, 2.24) is 5.32 Å². The largest absolute Gasteiger partial charge is 1.00 e. The third kappa shape index (κ3) is 6.89. The number of sulfone groups is 1. The first-order chi connectivity index (χ1) is 14.8. The number of benzene rings is 3. The van der Waals surface area contributed by atoms with E-state index in [0.717, 1.165) is 11.1 Å². The van der Waals surface area contributed by atoms with Crippen LogP contribution in [0.5, 0.6) is 0 Å². The van der Waals surface area contributed by atoms with Crippen LogP contribution < -0.4 is 40.0 Å². The van der Waals surface area contributed by atoms with Crippen LogP contribution in [0.2, 0.25) is 5.02 Å². The molecule has 0 radical (unpaired) electrons. The number of carboxylic acid groups (broad SMARTS) is 1. The SMILES string of the molecule is O=C([O-])c1ccc(S(=O)(=O)c2cccc(CCNC[C@H](O)c3cccc(Cl)c3)c2)cc1.[Na+]. The van der Waals surface area contributed by atoms with Crippen LogP contribution in [0.4, 0.5) is 0 Å². The van der Waals surface area contributed by atoms with Crippen LogP contribution in [0.1, 0.15) is 27.6 Å². The first-order valence-electron chi connectivity index (χ1n) is 9.57. The molecule has 0 spiro atoms. The van der Waals surface area contributed by atoms with Gasteiger partial charge in [-0.1, -0.05) is 48.0 Å². The van der Waals surface area contributed by atoms with Crippen LogP contribution in [0.25, 0.3) is 0 Å². The summed E-state index contributed by atoms with van der Waals surface area (Å²) in [5.74, 6) is -1.36. The minimum absolute atomic E-state index is 0. The number of aliphatic hydroxyl groups excluding tert-OH is 1. The molecule has 0 aliphatic carbocycles. The van der Waals surface area contributed by atoms with Gasteiger partial charge in [-0.25, -0.2) is 8.42 Å². The van der Waals surface area contributed by atoms with Crippen molar-refractivity contribution in [2.24, 2.45) is 0 Å². The molecule has 6 nitrogen and oxygen atoms in total. The third-order valence-corrected chi connectivity index (χ3v) is 6.77. The monoisotopic (exact) mass is 481 g/mol. The minimum Gasteiger partial charge on any atom is -0.545 e. The van der Waals surface area contributed by atoms with Crippen molar-refractivity contribution in [2.75, 3.05) is 13.1 Å². The van der Waals surface area contributed by atoms with E-state index < -0.39 is 21.9 Å². The van der Waals surface area contributed by atoms with E-state index in [0.29, 0.717) is 24.5 Å². The summed E-state index contributed by atoms with van der Waals surface area (Å²) < 4.78 is 25.7. The summed E-state index contributed by atoms with van der Waals surface area (Å²) in [5, 5.41) is 24.8. The molecule has 2 N–H and O–H groups in total. The van der Waals surface area contributed by atoms with E-state index in [-0.39, 0.29) is 44.9 Å². The molecule has 0 amide bonds. The predicted octanol–water partition coefficient (Wildman–Crippen LogP) is -0.594. The molecule has 32 heavy (non-hydrogen) atoms. The predicted molar refractivity (Wildman–Crippen MR) is 116 cm³/mol. The maximum absolute atomic E-state index is 12.8. The minimum atomic E-state index is -3.77. The maximum atomic E-state index is 12.8. The molecule has 3 aromatic carbocycles. The van der Waals surface area contributed by atoms with Crippen LogP contribution in [0.3, 0.4) is 0 Å². The summed E-state index contributed by atoms with van der Waals surface area (Å²) in [6.07, 6.45) is -0.135. The fourth-order valence-corrected chi connectivity index (χ4v) is 4.61. The van der Waals surface area contributed by atoms with E-state index in [2.05, 4.69) is 5.32 Å². The molecular formula is C23H21ClNNaO5S. The topological polar surface area (TPSA) is 107 Å². The van der Waals surface area contributed by atoms with Gasteiger partial charge < -0.3 is 20.3 Å². The smallest absolute Gasteiger partial charge is 0.545 e. The van der Waals surface area contributed by atoms with Crippen molar-refractivity contribution < 1.29 is 53.0 Å². The molecule has 9 heteroatoms. The average molecular weight is 482 g/mol. The number of halogens is 1. The zero-order valence-electron chi connectivity index (χ0n) is 17.5. The van der Waals surface area contributed by atoms with E-state index in [4.69, 9.17) is 11.6 Å². The molecule has 162 valence electrons. The Bertz CT molecular complexity index is 1170. The molecule has 0 fully saturated rings. The van der Waals surface area contributed by atoms with Gasteiger partial charge in [-0.2, -0.15) is 0 Å². The Balaban J connectivity index is 0.00000363. The molecule has 0 saturated carbocycles. The Morgan fingerprint density at radius 3 is 2.34 bits per heavy atom. The quantitative estimate of drug-likeness (QED) is 0.312. The van der Waals surface area contributed by atoms with E-state index in [1.54, 1.807) is 36.4 Å². The van der Waals surface area contributed by atoms with Gasteiger partial charge in [0, 0.05) is 11.6 Å². The summed E-state index contributed by atoms with van der Waals surface area (Å²) in [5.41, 5.74) is 1.45. The summed E-state index contributed by atoms with van der Waals surface area (Å²) in [6.45, 7) is 0.880. The Morgan fingerprint density at radius 1 is 1.00 bits per heavy atom. The van der Waals surface area contributed by atoms with E-state index in [1.165, 1.54) is 30.3 Å². The van der Waals surface area contributed by atoms with Crippen molar-refractivity contribution in [3.8, 4) is 0 Å². The number of rotatable bonds is 9. The summed E-state index contributed by atoms with van der Waals surface area (Å²) >= 11 is 5.94.